The number of aromatic nitrogens is 1. The van der Waals surface area contributed by atoms with E-state index in [0.29, 0.717) is 4.47 Å². The molecule has 0 saturated carbocycles. The molecule has 0 saturated heterocycles. The third-order valence-corrected chi connectivity index (χ3v) is 2.16. The number of carbonyl (C=O) groups excluding carboxylic acids is 1. The Morgan fingerprint density at radius 3 is 2.67 bits per heavy atom. The molecule has 0 fully saturated rings. The van der Waals surface area contributed by atoms with Gasteiger partial charge in [0.05, 0.1) is 6.54 Å². The molecule has 0 radical (unpaired) electrons. The maximum atomic E-state index is 12.3. The van der Waals surface area contributed by atoms with E-state index in [1.54, 1.807) is 6.07 Å². The Labute approximate surface area is 102 Å². The van der Waals surface area contributed by atoms with Crippen molar-refractivity contribution in [2.75, 3.05) is 6.54 Å². The minimum atomic E-state index is -3.10. The summed E-state index contributed by atoms with van der Waals surface area (Å²) in [5, 5.41) is 2.04. The van der Waals surface area contributed by atoms with Crippen LogP contribution in [0.25, 0.3) is 0 Å². The van der Waals surface area contributed by atoms with Crippen molar-refractivity contribution in [3.05, 3.63) is 28.5 Å². The first-order valence-electron chi connectivity index (χ1n) is 3.85. The first kappa shape index (κ1) is 12.5. The predicted molar refractivity (Wildman–Crippen MR) is 58.1 cm³/mol. The van der Waals surface area contributed by atoms with Gasteiger partial charge in [-0.05, 0) is 44.0 Å². The van der Waals surface area contributed by atoms with Crippen molar-refractivity contribution in [3.63, 3.8) is 0 Å². The van der Waals surface area contributed by atoms with E-state index < -0.39 is 17.3 Å². The minimum absolute atomic E-state index is 0.0925. The molecule has 0 spiro atoms. The summed E-state index contributed by atoms with van der Waals surface area (Å²) in [6.45, 7) is -0.774. The molecule has 1 N–H and O–H groups in total. The lowest BCUT2D eigenvalue weighted by Gasteiger charge is -2.09. The van der Waals surface area contributed by atoms with Crippen LogP contribution in [0.15, 0.2) is 22.8 Å². The largest absolute Gasteiger partial charge is 0.344 e. The summed E-state index contributed by atoms with van der Waals surface area (Å²) in [5.41, 5.74) is 0.0925. The van der Waals surface area contributed by atoms with E-state index in [1.807, 2.05) is 5.32 Å². The number of amides is 1. The van der Waals surface area contributed by atoms with Crippen molar-refractivity contribution in [2.24, 2.45) is 0 Å². The highest BCUT2D eigenvalue weighted by molar-refractivity contribution is 9.10. The summed E-state index contributed by atoms with van der Waals surface area (Å²) in [4.78, 5) is 11.9. The van der Waals surface area contributed by atoms with Crippen LogP contribution in [0, 0.1) is 0 Å². The second-order valence-electron chi connectivity index (χ2n) is 2.66. The lowest BCUT2D eigenvalue weighted by Crippen LogP contribution is -2.33. The van der Waals surface area contributed by atoms with E-state index in [0.717, 1.165) is 0 Å². The smallest absolute Gasteiger partial charge is 0.318 e. The molecule has 15 heavy (non-hydrogen) atoms. The fraction of sp³-hybridized carbons (Fsp3) is 0.250. The molecule has 82 valence electrons. The second kappa shape index (κ2) is 4.98. The van der Waals surface area contributed by atoms with Gasteiger partial charge in [-0.3, -0.25) is 4.79 Å². The van der Waals surface area contributed by atoms with Gasteiger partial charge in [0.15, 0.2) is 0 Å². The van der Waals surface area contributed by atoms with Crippen LogP contribution in [-0.2, 0) is 0 Å². The molecular formula is C8H6Br2F2N2O. The van der Waals surface area contributed by atoms with E-state index in [9.17, 15) is 13.6 Å². The van der Waals surface area contributed by atoms with Gasteiger partial charge in [-0.15, -0.1) is 0 Å². The highest BCUT2D eigenvalue weighted by Crippen LogP contribution is 2.19. The average molecular weight is 344 g/mol. The molecule has 0 aromatic carbocycles. The Bertz CT molecular complexity index is 351. The standard InChI is InChI=1S/C8H6Br2F2N2O/c9-5-1-2-6(13-3-5)7(15)14-4-8(10,11)12/h1-3H,4H2,(H,14,15). The lowest BCUT2D eigenvalue weighted by atomic mass is 10.3. The number of carbonyl (C=O) groups is 1. The lowest BCUT2D eigenvalue weighted by molar-refractivity contribution is 0.0831. The minimum Gasteiger partial charge on any atom is -0.344 e. The zero-order chi connectivity index (χ0) is 11.5. The van der Waals surface area contributed by atoms with Crippen LogP contribution in [-0.4, -0.2) is 22.3 Å². The van der Waals surface area contributed by atoms with Crippen molar-refractivity contribution in [1.29, 1.82) is 0 Å². The van der Waals surface area contributed by atoms with Crippen molar-refractivity contribution in [2.45, 2.75) is 4.83 Å². The Morgan fingerprint density at radius 1 is 1.53 bits per heavy atom. The second-order valence-corrected chi connectivity index (χ2v) is 4.74. The van der Waals surface area contributed by atoms with Gasteiger partial charge < -0.3 is 5.32 Å². The first-order valence-corrected chi connectivity index (χ1v) is 5.43. The molecule has 1 rings (SSSR count). The average Bonchev–Trinajstić information content (AvgIpc) is 2.14. The van der Waals surface area contributed by atoms with Gasteiger partial charge in [-0.1, -0.05) is 0 Å². The highest BCUT2D eigenvalue weighted by atomic mass is 79.9. The van der Waals surface area contributed by atoms with Gasteiger partial charge in [-0.25, -0.2) is 4.98 Å². The fourth-order valence-electron chi connectivity index (χ4n) is 0.781. The van der Waals surface area contributed by atoms with Crippen LogP contribution < -0.4 is 5.32 Å². The fourth-order valence-corrected chi connectivity index (χ4v) is 1.16. The molecule has 1 aromatic heterocycles. The SMILES string of the molecule is O=C(NCC(F)(F)Br)c1ccc(Br)cn1. The van der Waals surface area contributed by atoms with Crippen molar-refractivity contribution in [3.8, 4) is 0 Å². The van der Waals surface area contributed by atoms with Crippen LogP contribution in [0.1, 0.15) is 10.5 Å². The summed E-state index contributed by atoms with van der Waals surface area (Å²) in [6, 6.07) is 3.04. The quantitative estimate of drug-likeness (QED) is 0.857. The van der Waals surface area contributed by atoms with E-state index in [1.165, 1.54) is 12.3 Å². The van der Waals surface area contributed by atoms with E-state index >= 15 is 0 Å². The predicted octanol–water partition coefficient (Wildman–Crippen LogP) is 2.56. The molecule has 0 aliphatic rings. The Morgan fingerprint density at radius 2 is 2.20 bits per heavy atom. The number of pyridine rings is 1. The molecule has 1 aromatic rings. The van der Waals surface area contributed by atoms with Crippen LogP contribution in [0.3, 0.4) is 0 Å². The topological polar surface area (TPSA) is 42.0 Å². The van der Waals surface area contributed by atoms with Gasteiger partial charge in [-0.2, -0.15) is 8.78 Å². The zero-order valence-corrected chi connectivity index (χ0v) is 10.5. The molecular weight excluding hydrogens is 338 g/mol. The number of halogens is 4. The Hall–Kier alpha value is -0.560. The summed E-state index contributed by atoms with van der Waals surface area (Å²) < 4.78 is 25.4. The molecule has 0 atom stereocenters. The van der Waals surface area contributed by atoms with Crippen LogP contribution >= 0.6 is 31.9 Å². The normalized spacial score (nSPS) is 11.2. The molecule has 0 aliphatic carbocycles. The number of rotatable bonds is 3. The van der Waals surface area contributed by atoms with E-state index in [4.69, 9.17) is 0 Å². The van der Waals surface area contributed by atoms with Crippen LogP contribution in [0.5, 0.6) is 0 Å². The molecule has 0 aliphatic heterocycles. The summed E-state index contributed by atoms with van der Waals surface area (Å²) in [7, 11) is 0. The van der Waals surface area contributed by atoms with Crippen LogP contribution in [0.2, 0.25) is 0 Å². The Balaban J connectivity index is 2.58. The van der Waals surface area contributed by atoms with Gasteiger partial charge in [0.1, 0.15) is 5.69 Å². The van der Waals surface area contributed by atoms with E-state index in [-0.39, 0.29) is 5.69 Å². The molecule has 0 bridgehead atoms. The van der Waals surface area contributed by atoms with Crippen molar-refractivity contribution < 1.29 is 13.6 Å². The first-order chi connectivity index (χ1) is 6.88. The Kier molecular flexibility index (Phi) is 4.15. The molecule has 7 heteroatoms. The molecule has 1 amide bonds. The number of nitrogens with zero attached hydrogens (tertiary/aromatic N) is 1. The maximum absolute atomic E-state index is 12.3. The third-order valence-electron chi connectivity index (χ3n) is 1.41. The molecule has 3 nitrogen and oxygen atoms in total. The monoisotopic (exact) mass is 342 g/mol. The van der Waals surface area contributed by atoms with Crippen LogP contribution in [0.4, 0.5) is 8.78 Å². The number of alkyl halides is 3. The van der Waals surface area contributed by atoms with Gasteiger partial charge >= 0.3 is 4.83 Å². The number of nitrogens with one attached hydrogen (secondary N) is 1. The van der Waals surface area contributed by atoms with Gasteiger partial charge in [0.25, 0.3) is 5.91 Å². The third kappa shape index (κ3) is 4.65. The zero-order valence-electron chi connectivity index (χ0n) is 7.31. The summed E-state index contributed by atoms with van der Waals surface area (Å²) >= 11 is 5.26. The summed E-state index contributed by atoms with van der Waals surface area (Å²) in [6.07, 6.45) is 1.42. The van der Waals surface area contributed by atoms with Gasteiger partial charge in [0, 0.05) is 10.7 Å². The summed E-state index contributed by atoms with van der Waals surface area (Å²) in [5.74, 6) is -0.637. The van der Waals surface area contributed by atoms with E-state index in [2.05, 4.69) is 36.8 Å². The molecule has 0 unspecified atom stereocenters. The number of hydrogen-bond donors (Lipinski definition) is 1. The highest BCUT2D eigenvalue weighted by Gasteiger charge is 2.24. The van der Waals surface area contributed by atoms with Crippen molar-refractivity contribution in [1.82, 2.24) is 10.3 Å². The number of hydrogen-bond acceptors (Lipinski definition) is 2. The maximum Gasteiger partial charge on any atom is 0.318 e. The van der Waals surface area contributed by atoms with Gasteiger partial charge in [0.2, 0.25) is 0 Å². The molecule has 1 heterocycles. The van der Waals surface area contributed by atoms with Crippen molar-refractivity contribution >= 4 is 37.8 Å².